The highest BCUT2D eigenvalue weighted by molar-refractivity contribution is 5.43. The van der Waals surface area contributed by atoms with Crippen molar-refractivity contribution in [1.29, 1.82) is 0 Å². The van der Waals surface area contributed by atoms with E-state index in [0.717, 1.165) is 30.8 Å². The predicted molar refractivity (Wildman–Crippen MR) is 73.1 cm³/mol. The number of benzene rings is 1. The van der Waals surface area contributed by atoms with Gasteiger partial charge in [-0.05, 0) is 43.7 Å². The average Bonchev–Trinajstić information content (AvgIpc) is 2.98. The Balaban J connectivity index is 2.09. The highest BCUT2D eigenvalue weighted by atomic mass is 19.1. The lowest BCUT2D eigenvalue weighted by Crippen LogP contribution is -2.27. The topological polar surface area (TPSA) is 29.9 Å². The molecule has 1 aromatic heterocycles. The van der Waals surface area contributed by atoms with Crippen LogP contribution in [0.15, 0.2) is 30.7 Å². The van der Waals surface area contributed by atoms with Crippen molar-refractivity contribution in [3.05, 3.63) is 47.8 Å². The molecule has 0 saturated carbocycles. The van der Waals surface area contributed by atoms with Gasteiger partial charge in [-0.25, -0.2) is 9.37 Å². The summed E-state index contributed by atoms with van der Waals surface area (Å²) in [6, 6.07) is 4.89. The van der Waals surface area contributed by atoms with Gasteiger partial charge in [0.2, 0.25) is 0 Å². The molecule has 1 atom stereocenters. The molecule has 0 bridgehead atoms. The number of imidazole rings is 1. The summed E-state index contributed by atoms with van der Waals surface area (Å²) in [5, 5.41) is 3.40. The summed E-state index contributed by atoms with van der Waals surface area (Å²) in [7, 11) is 0. The molecule has 1 fully saturated rings. The van der Waals surface area contributed by atoms with Crippen molar-refractivity contribution in [3.63, 3.8) is 0 Å². The fraction of sp³-hybridized carbons (Fsp3) is 0.400. The largest absolute Gasteiger partial charge is 0.316 e. The van der Waals surface area contributed by atoms with Gasteiger partial charge >= 0.3 is 0 Å². The van der Waals surface area contributed by atoms with Gasteiger partial charge in [0.1, 0.15) is 5.82 Å². The molecule has 1 N–H and O–H groups in total. The van der Waals surface area contributed by atoms with Gasteiger partial charge in [-0.15, -0.1) is 0 Å². The minimum Gasteiger partial charge on any atom is -0.316 e. The number of hydrogen-bond acceptors (Lipinski definition) is 2. The monoisotopic (exact) mass is 259 g/mol. The van der Waals surface area contributed by atoms with E-state index in [4.69, 9.17) is 0 Å². The van der Waals surface area contributed by atoms with E-state index in [9.17, 15) is 4.39 Å². The van der Waals surface area contributed by atoms with Crippen LogP contribution >= 0.6 is 0 Å². The number of aromatic nitrogens is 2. The lowest BCUT2D eigenvalue weighted by Gasteiger charge is -2.24. The number of rotatable bonds is 2. The van der Waals surface area contributed by atoms with E-state index in [1.165, 1.54) is 11.8 Å². The van der Waals surface area contributed by atoms with Crippen LogP contribution in [0.5, 0.6) is 0 Å². The summed E-state index contributed by atoms with van der Waals surface area (Å²) in [4.78, 5) is 4.29. The third kappa shape index (κ3) is 2.06. The van der Waals surface area contributed by atoms with Gasteiger partial charge < -0.3 is 9.88 Å². The second-order valence-corrected chi connectivity index (χ2v) is 5.57. The Morgan fingerprint density at radius 3 is 2.95 bits per heavy atom. The van der Waals surface area contributed by atoms with Crippen LogP contribution in [0, 0.1) is 12.7 Å². The summed E-state index contributed by atoms with van der Waals surface area (Å²) in [5.41, 5.74) is 3.21. The summed E-state index contributed by atoms with van der Waals surface area (Å²) in [6.07, 6.45) is 4.84. The van der Waals surface area contributed by atoms with Gasteiger partial charge in [-0.3, -0.25) is 0 Å². The van der Waals surface area contributed by atoms with Gasteiger partial charge in [0, 0.05) is 29.5 Å². The van der Waals surface area contributed by atoms with E-state index in [1.54, 1.807) is 6.07 Å². The first-order valence-electron chi connectivity index (χ1n) is 6.60. The smallest absolute Gasteiger partial charge is 0.123 e. The van der Waals surface area contributed by atoms with E-state index in [-0.39, 0.29) is 11.2 Å². The number of halogens is 1. The first kappa shape index (κ1) is 12.4. The zero-order valence-corrected chi connectivity index (χ0v) is 11.3. The van der Waals surface area contributed by atoms with Crippen LogP contribution in [0.4, 0.5) is 4.39 Å². The molecule has 1 aliphatic heterocycles. The molecule has 2 heterocycles. The molecule has 4 heteroatoms. The first-order valence-corrected chi connectivity index (χ1v) is 6.60. The van der Waals surface area contributed by atoms with Crippen LogP contribution < -0.4 is 5.32 Å². The van der Waals surface area contributed by atoms with Crippen LogP contribution in [0.2, 0.25) is 0 Å². The van der Waals surface area contributed by atoms with Gasteiger partial charge in [0.05, 0.1) is 6.33 Å². The highest BCUT2D eigenvalue weighted by Gasteiger charge is 2.33. The van der Waals surface area contributed by atoms with Crippen molar-refractivity contribution < 1.29 is 4.39 Å². The molecule has 1 unspecified atom stereocenters. The number of nitrogens with zero attached hydrogens (tertiary/aromatic N) is 2. The lowest BCUT2D eigenvalue weighted by atomic mass is 9.86. The summed E-state index contributed by atoms with van der Waals surface area (Å²) in [5.74, 6) is -0.198. The fourth-order valence-electron chi connectivity index (χ4n) is 2.86. The summed E-state index contributed by atoms with van der Waals surface area (Å²) < 4.78 is 15.3. The Hall–Kier alpha value is -1.68. The quantitative estimate of drug-likeness (QED) is 0.898. The second kappa shape index (κ2) is 4.46. The van der Waals surface area contributed by atoms with Crippen molar-refractivity contribution in [1.82, 2.24) is 14.9 Å². The third-order valence-corrected chi connectivity index (χ3v) is 4.04. The molecule has 0 amide bonds. The Morgan fingerprint density at radius 2 is 2.26 bits per heavy atom. The third-order valence-electron chi connectivity index (χ3n) is 4.04. The van der Waals surface area contributed by atoms with Gasteiger partial charge in [0.25, 0.3) is 0 Å². The average molecular weight is 259 g/mol. The minimum absolute atomic E-state index is 0.0946. The molecule has 19 heavy (non-hydrogen) atoms. The number of hydrogen-bond donors (Lipinski definition) is 1. The van der Waals surface area contributed by atoms with E-state index >= 15 is 0 Å². The maximum Gasteiger partial charge on any atom is 0.123 e. The molecule has 0 radical (unpaired) electrons. The molecule has 0 spiro atoms. The molecule has 2 aromatic rings. The zero-order valence-electron chi connectivity index (χ0n) is 11.3. The van der Waals surface area contributed by atoms with Crippen molar-refractivity contribution >= 4 is 0 Å². The molecule has 3 nitrogen and oxygen atoms in total. The van der Waals surface area contributed by atoms with Crippen LogP contribution in [-0.4, -0.2) is 22.6 Å². The Morgan fingerprint density at radius 1 is 1.42 bits per heavy atom. The van der Waals surface area contributed by atoms with Crippen molar-refractivity contribution in [3.8, 4) is 5.69 Å². The highest BCUT2D eigenvalue weighted by Crippen LogP contribution is 2.32. The fourth-order valence-corrected chi connectivity index (χ4v) is 2.86. The van der Waals surface area contributed by atoms with E-state index in [2.05, 4.69) is 21.8 Å². The van der Waals surface area contributed by atoms with Crippen LogP contribution in [0.3, 0.4) is 0 Å². The zero-order chi connectivity index (χ0) is 13.5. The van der Waals surface area contributed by atoms with Crippen LogP contribution in [0.1, 0.15) is 24.6 Å². The summed E-state index contributed by atoms with van der Waals surface area (Å²) in [6.45, 7) is 6.17. The predicted octanol–water partition coefficient (Wildman–Crippen LogP) is 2.57. The maximum absolute atomic E-state index is 13.2. The first-order chi connectivity index (χ1) is 9.10. The SMILES string of the molecule is Cc1cc(F)ccc1-n1cncc1C1(C)CCNC1. The molecule has 100 valence electrons. The van der Waals surface area contributed by atoms with Crippen molar-refractivity contribution in [2.24, 2.45) is 0 Å². The van der Waals surface area contributed by atoms with Crippen molar-refractivity contribution in [2.45, 2.75) is 25.7 Å². The second-order valence-electron chi connectivity index (χ2n) is 5.57. The van der Waals surface area contributed by atoms with E-state index in [1.807, 2.05) is 25.5 Å². The molecule has 1 aliphatic rings. The Labute approximate surface area is 112 Å². The molecule has 3 rings (SSSR count). The van der Waals surface area contributed by atoms with Crippen LogP contribution in [0.25, 0.3) is 5.69 Å². The standard InChI is InChI=1S/C15H18FN3/c1-11-7-12(16)3-4-13(11)19-10-18-8-14(19)15(2)5-6-17-9-15/h3-4,7-8,10,17H,5-6,9H2,1-2H3. The molecule has 1 saturated heterocycles. The summed E-state index contributed by atoms with van der Waals surface area (Å²) >= 11 is 0. The van der Waals surface area contributed by atoms with Crippen molar-refractivity contribution in [2.75, 3.05) is 13.1 Å². The Kier molecular flexibility index (Phi) is 2.90. The maximum atomic E-state index is 13.2. The normalized spacial score (nSPS) is 22.9. The van der Waals surface area contributed by atoms with Gasteiger partial charge in [0.15, 0.2) is 0 Å². The van der Waals surface area contributed by atoms with Crippen LogP contribution in [-0.2, 0) is 5.41 Å². The Bertz CT molecular complexity index is 597. The number of nitrogens with one attached hydrogen (secondary N) is 1. The van der Waals surface area contributed by atoms with Gasteiger partial charge in [-0.1, -0.05) is 6.92 Å². The van der Waals surface area contributed by atoms with Gasteiger partial charge in [-0.2, -0.15) is 0 Å². The molecule has 0 aliphatic carbocycles. The lowest BCUT2D eigenvalue weighted by molar-refractivity contribution is 0.498. The molecular formula is C15H18FN3. The van der Waals surface area contributed by atoms with E-state index < -0.39 is 0 Å². The van der Waals surface area contributed by atoms with E-state index in [0.29, 0.717) is 0 Å². The number of aryl methyl sites for hydroxylation is 1. The molecular weight excluding hydrogens is 241 g/mol. The minimum atomic E-state index is -0.198. The molecule has 1 aromatic carbocycles.